The fraction of sp³-hybridized carbons (Fsp3) is 0.533. The topological polar surface area (TPSA) is 20.2 Å². The number of hydrogen-bond acceptors (Lipinski definition) is 1. The number of rotatable bonds is 0. The molecular weight excluding hydrogens is 244 g/mol. The maximum Gasteiger partial charge on any atom is 3.00 e. The van der Waals surface area contributed by atoms with Gasteiger partial charge < -0.3 is 20.0 Å². The fourth-order valence-corrected chi connectivity index (χ4v) is 1.41. The monoisotopic (exact) mass is 273 g/mol. The van der Waals surface area contributed by atoms with Crippen molar-refractivity contribution >= 4 is 0 Å². The molecule has 0 unspecified atom stereocenters. The zero-order valence-electron chi connectivity index (χ0n) is 13.0. The molecule has 1 nitrogen and oxygen atoms in total. The van der Waals surface area contributed by atoms with Crippen LogP contribution in [0.3, 0.4) is 0 Å². The van der Waals surface area contributed by atoms with Gasteiger partial charge in [0.25, 0.3) is 0 Å². The van der Waals surface area contributed by atoms with Gasteiger partial charge in [-0.1, -0.05) is 34.6 Å². The third-order valence-electron chi connectivity index (χ3n) is 2.81. The molecule has 0 aliphatic carbocycles. The van der Waals surface area contributed by atoms with Crippen molar-refractivity contribution in [2.75, 3.05) is 0 Å². The van der Waals surface area contributed by atoms with Gasteiger partial charge in [-0.15, -0.1) is 0 Å². The predicted octanol–water partition coefficient (Wildman–Crippen LogP) is 4.23. The molecule has 0 aliphatic heterocycles. The molecule has 0 fully saturated rings. The van der Waals surface area contributed by atoms with Crippen LogP contribution in [0.4, 0.5) is 0 Å². The van der Waals surface area contributed by atoms with E-state index < -0.39 is 0 Å². The molecule has 0 saturated heterocycles. The molecule has 17 heavy (non-hydrogen) atoms. The van der Waals surface area contributed by atoms with Gasteiger partial charge in [0.1, 0.15) is 0 Å². The van der Waals surface area contributed by atoms with Crippen LogP contribution in [0.5, 0.6) is 0 Å². The molecule has 0 aromatic heterocycles. The maximum absolute atomic E-state index is 8.06. The van der Waals surface area contributed by atoms with E-state index in [0.29, 0.717) is 0 Å². The van der Waals surface area contributed by atoms with E-state index in [1.165, 1.54) is 27.8 Å². The molecule has 1 aromatic rings. The quantitative estimate of drug-likeness (QED) is 0.554. The largest absolute Gasteiger partial charge is 3.00 e. The third kappa shape index (κ3) is 7.86. The molecule has 0 heterocycles. The van der Waals surface area contributed by atoms with Crippen LogP contribution >= 0.6 is 0 Å². The Balaban J connectivity index is -0.000000108. The SMILES string of the molecule is CC(C)O.Cc1c(C)c(C)[c-](C)c1C.[CH3-].[CH3-].[Ti+3]. The van der Waals surface area contributed by atoms with Crippen LogP contribution in [0.1, 0.15) is 41.7 Å². The summed E-state index contributed by atoms with van der Waals surface area (Å²) in [6.45, 7) is 14.4. The van der Waals surface area contributed by atoms with Crippen molar-refractivity contribution in [3.63, 3.8) is 0 Å². The molecule has 1 rings (SSSR count). The first kappa shape index (κ1) is 25.8. The van der Waals surface area contributed by atoms with E-state index in [9.17, 15) is 0 Å². The molecule has 99 valence electrons. The van der Waals surface area contributed by atoms with Gasteiger partial charge >= 0.3 is 21.7 Å². The molecule has 0 atom stereocenters. The van der Waals surface area contributed by atoms with Crippen molar-refractivity contribution < 1.29 is 26.8 Å². The average Bonchev–Trinajstić information content (AvgIpc) is 2.23. The molecule has 0 bridgehead atoms. The Morgan fingerprint density at radius 1 is 0.882 bits per heavy atom. The van der Waals surface area contributed by atoms with Gasteiger partial charge in [0, 0.05) is 6.10 Å². The van der Waals surface area contributed by atoms with Crippen LogP contribution in [0.2, 0.25) is 0 Å². The first-order valence-corrected chi connectivity index (χ1v) is 5.16. The molecule has 1 aromatic carbocycles. The van der Waals surface area contributed by atoms with Crippen molar-refractivity contribution in [3.8, 4) is 0 Å². The minimum absolute atomic E-state index is 0. The Morgan fingerprint density at radius 2 is 1.06 bits per heavy atom. The van der Waals surface area contributed by atoms with Gasteiger partial charge in [0.15, 0.2) is 0 Å². The van der Waals surface area contributed by atoms with E-state index in [-0.39, 0.29) is 42.7 Å². The summed E-state index contributed by atoms with van der Waals surface area (Å²) < 4.78 is 0. The number of hydrogen-bond donors (Lipinski definition) is 1. The van der Waals surface area contributed by atoms with E-state index in [1.807, 2.05) is 0 Å². The molecule has 0 saturated carbocycles. The standard InChI is InChI=1S/C10H15.C3H8O.2CH3.Ti/c1-6-7(2)9(4)10(5)8(6)3;1-3(2)4;;;/h1-5H3;3-4H,1-2H3;2*1H3;/q-1;;2*-1;+3. The van der Waals surface area contributed by atoms with Crippen molar-refractivity contribution in [3.05, 3.63) is 42.7 Å². The zero-order valence-corrected chi connectivity index (χ0v) is 14.6. The normalized spacial score (nSPS) is 8.29. The molecule has 2 heteroatoms. The zero-order chi connectivity index (χ0) is 11.5. The summed E-state index contributed by atoms with van der Waals surface area (Å²) in [5.74, 6) is 0. The smallest absolute Gasteiger partial charge is 0.394 e. The van der Waals surface area contributed by atoms with Gasteiger partial charge in [-0.25, -0.2) is 0 Å². The van der Waals surface area contributed by atoms with Gasteiger partial charge in [0.05, 0.1) is 0 Å². The minimum atomic E-state index is -0.167. The van der Waals surface area contributed by atoms with Gasteiger partial charge in [0.2, 0.25) is 0 Å². The van der Waals surface area contributed by atoms with Gasteiger partial charge in [-0.2, -0.15) is 27.8 Å². The first-order chi connectivity index (χ1) is 6.29. The van der Waals surface area contributed by atoms with E-state index >= 15 is 0 Å². The summed E-state index contributed by atoms with van der Waals surface area (Å²) in [6, 6.07) is 0. The second kappa shape index (κ2) is 11.1. The molecule has 1 radical (unpaired) electrons. The van der Waals surface area contributed by atoms with E-state index in [2.05, 4.69) is 34.6 Å². The van der Waals surface area contributed by atoms with Crippen LogP contribution in [0, 0.1) is 49.5 Å². The minimum Gasteiger partial charge on any atom is -0.394 e. The van der Waals surface area contributed by atoms with Crippen LogP contribution in [0.25, 0.3) is 0 Å². The predicted molar refractivity (Wildman–Crippen MR) is 75.9 cm³/mol. The van der Waals surface area contributed by atoms with Crippen molar-refractivity contribution in [1.29, 1.82) is 0 Å². The molecule has 0 spiro atoms. The third-order valence-corrected chi connectivity index (χ3v) is 2.81. The Labute approximate surface area is 124 Å². The Morgan fingerprint density at radius 3 is 1.12 bits per heavy atom. The molecule has 0 amide bonds. The van der Waals surface area contributed by atoms with E-state index in [0.717, 1.165) is 0 Å². The van der Waals surface area contributed by atoms with Crippen molar-refractivity contribution in [2.45, 2.75) is 54.6 Å². The summed E-state index contributed by atoms with van der Waals surface area (Å²) in [6.07, 6.45) is -0.167. The number of aliphatic hydroxyl groups is 1. The second-order valence-corrected chi connectivity index (χ2v) is 4.22. The Kier molecular flexibility index (Phi) is 16.9. The summed E-state index contributed by atoms with van der Waals surface area (Å²) >= 11 is 0. The van der Waals surface area contributed by atoms with Crippen molar-refractivity contribution in [1.82, 2.24) is 0 Å². The molecule has 0 aliphatic rings. The Bertz CT molecular complexity index is 215. The van der Waals surface area contributed by atoms with Gasteiger partial charge in [-0.3, -0.25) is 0 Å². The summed E-state index contributed by atoms with van der Waals surface area (Å²) in [5.41, 5.74) is 7.34. The van der Waals surface area contributed by atoms with E-state index in [1.54, 1.807) is 13.8 Å². The summed E-state index contributed by atoms with van der Waals surface area (Å²) in [4.78, 5) is 0. The average molecular weight is 273 g/mol. The Hall–Kier alpha value is 0.0243. The fourth-order valence-electron chi connectivity index (χ4n) is 1.41. The van der Waals surface area contributed by atoms with Crippen LogP contribution in [0.15, 0.2) is 0 Å². The second-order valence-electron chi connectivity index (χ2n) is 4.22. The van der Waals surface area contributed by atoms with Crippen LogP contribution < -0.4 is 0 Å². The molecule has 1 N–H and O–H groups in total. The van der Waals surface area contributed by atoms with Crippen LogP contribution in [-0.2, 0) is 21.7 Å². The number of aliphatic hydroxyl groups excluding tert-OH is 1. The molecular formula is C15H29OTi. The van der Waals surface area contributed by atoms with Gasteiger partial charge in [-0.05, 0) is 13.8 Å². The summed E-state index contributed by atoms with van der Waals surface area (Å²) in [7, 11) is 0. The van der Waals surface area contributed by atoms with Crippen molar-refractivity contribution in [2.24, 2.45) is 0 Å². The first-order valence-electron chi connectivity index (χ1n) is 5.16. The summed E-state index contributed by atoms with van der Waals surface area (Å²) in [5, 5.41) is 8.06. The maximum atomic E-state index is 8.06. The van der Waals surface area contributed by atoms with Crippen LogP contribution in [-0.4, -0.2) is 11.2 Å². The van der Waals surface area contributed by atoms with E-state index in [4.69, 9.17) is 5.11 Å².